The van der Waals surface area contributed by atoms with E-state index in [0.717, 1.165) is 17.9 Å². The third kappa shape index (κ3) is 4.74. The van der Waals surface area contributed by atoms with E-state index < -0.39 is 10.0 Å². The normalized spacial score (nSPS) is 17.6. The zero-order valence-corrected chi connectivity index (χ0v) is 12.3. The lowest BCUT2D eigenvalue weighted by molar-refractivity contribution is 0.286. The van der Waals surface area contributed by atoms with Crippen LogP contribution in [0, 0.1) is 5.92 Å². The number of benzene rings is 1. The lowest BCUT2D eigenvalue weighted by Crippen LogP contribution is -2.23. The Morgan fingerprint density at radius 2 is 2.00 bits per heavy atom. The minimum Gasteiger partial charge on any atom is -0.383 e. The molecule has 106 valence electrons. The number of hydrogen-bond donors (Lipinski definition) is 2. The summed E-state index contributed by atoms with van der Waals surface area (Å²) in [5.74, 6) is 0.861. The second-order valence-corrected chi connectivity index (χ2v) is 7.28. The Balaban J connectivity index is 1.94. The van der Waals surface area contributed by atoms with E-state index in [1.54, 1.807) is 6.07 Å². The average Bonchev–Trinajstić information content (AvgIpc) is 2.21. The summed E-state index contributed by atoms with van der Waals surface area (Å²) in [7, 11) is -3.21. The summed E-state index contributed by atoms with van der Waals surface area (Å²) in [6.45, 7) is 2.18. The van der Waals surface area contributed by atoms with Gasteiger partial charge in [0.2, 0.25) is 10.0 Å². The Morgan fingerprint density at radius 3 is 2.58 bits per heavy atom. The van der Waals surface area contributed by atoms with Crippen LogP contribution in [-0.4, -0.2) is 20.7 Å². The van der Waals surface area contributed by atoms with Crippen molar-refractivity contribution in [3.8, 4) is 0 Å². The Bertz CT molecular complexity index is 524. The highest BCUT2D eigenvalue weighted by Gasteiger charge is 2.19. The van der Waals surface area contributed by atoms with Gasteiger partial charge in [-0.05, 0) is 37.5 Å². The van der Waals surface area contributed by atoms with Gasteiger partial charge in [0.15, 0.2) is 0 Å². The van der Waals surface area contributed by atoms with Crippen LogP contribution in [0.5, 0.6) is 0 Å². The first kappa shape index (κ1) is 14.2. The van der Waals surface area contributed by atoms with E-state index in [2.05, 4.69) is 17.0 Å². The van der Waals surface area contributed by atoms with Crippen LogP contribution >= 0.6 is 0 Å². The van der Waals surface area contributed by atoms with Crippen molar-refractivity contribution in [1.82, 2.24) is 0 Å². The third-order valence-electron chi connectivity index (χ3n) is 3.49. The van der Waals surface area contributed by atoms with Gasteiger partial charge >= 0.3 is 0 Å². The van der Waals surface area contributed by atoms with Crippen LogP contribution in [0.15, 0.2) is 24.3 Å². The molecule has 5 heteroatoms. The topological polar surface area (TPSA) is 58.2 Å². The van der Waals surface area contributed by atoms with Gasteiger partial charge in [-0.2, -0.15) is 0 Å². The molecule has 2 N–H and O–H groups in total. The Labute approximate surface area is 115 Å². The van der Waals surface area contributed by atoms with E-state index in [-0.39, 0.29) is 0 Å². The van der Waals surface area contributed by atoms with Crippen LogP contribution in [-0.2, 0) is 10.0 Å². The smallest absolute Gasteiger partial charge is 0.229 e. The van der Waals surface area contributed by atoms with Crippen molar-refractivity contribution in [2.24, 2.45) is 5.92 Å². The van der Waals surface area contributed by atoms with E-state index in [1.807, 2.05) is 18.2 Å². The molecule has 0 radical (unpaired) electrons. The largest absolute Gasteiger partial charge is 0.383 e. The maximum atomic E-state index is 11.2. The fraction of sp³-hybridized carbons (Fsp3) is 0.571. The van der Waals surface area contributed by atoms with Gasteiger partial charge in [0, 0.05) is 11.7 Å². The average molecular weight is 282 g/mol. The van der Waals surface area contributed by atoms with Crippen molar-refractivity contribution in [2.75, 3.05) is 16.3 Å². The fourth-order valence-corrected chi connectivity index (χ4v) is 3.01. The van der Waals surface area contributed by atoms with Gasteiger partial charge in [-0.3, -0.25) is 4.72 Å². The molecule has 0 aliphatic heterocycles. The van der Waals surface area contributed by atoms with Gasteiger partial charge in [0.05, 0.1) is 11.9 Å². The molecule has 0 bridgehead atoms. The molecular weight excluding hydrogens is 260 g/mol. The van der Waals surface area contributed by atoms with Crippen LogP contribution in [0.4, 0.5) is 11.4 Å². The summed E-state index contributed by atoms with van der Waals surface area (Å²) in [5, 5.41) is 3.43. The Hall–Kier alpha value is -1.23. The molecular formula is C14H22N2O2S. The first-order valence-electron chi connectivity index (χ1n) is 6.77. The van der Waals surface area contributed by atoms with Gasteiger partial charge in [0.1, 0.15) is 0 Å². The molecule has 19 heavy (non-hydrogen) atoms. The first-order chi connectivity index (χ1) is 8.92. The maximum absolute atomic E-state index is 11.2. The first-order valence-corrected chi connectivity index (χ1v) is 8.66. The molecule has 0 aromatic heterocycles. The van der Waals surface area contributed by atoms with Crippen molar-refractivity contribution < 1.29 is 8.42 Å². The lowest BCUT2D eigenvalue weighted by Gasteiger charge is -2.29. The van der Waals surface area contributed by atoms with E-state index >= 15 is 0 Å². The number of rotatable bonds is 6. The van der Waals surface area contributed by atoms with Gasteiger partial charge in [-0.25, -0.2) is 8.42 Å². The molecule has 1 fully saturated rings. The van der Waals surface area contributed by atoms with E-state index in [9.17, 15) is 8.42 Å². The molecule has 0 saturated heterocycles. The summed E-state index contributed by atoms with van der Waals surface area (Å²) in [6, 6.07) is 7.82. The standard InChI is InChI=1S/C14H22N2O2S/c1-11(9-12-5-3-6-12)15-13-7-4-8-14(10-13)16-19(2,17)18/h4,7-8,10-12,15-16H,3,5-6,9H2,1-2H3. The molecule has 1 aliphatic rings. The monoisotopic (exact) mass is 282 g/mol. The predicted molar refractivity (Wildman–Crippen MR) is 80.0 cm³/mol. The molecule has 1 aromatic rings. The minimum atomic E-state index is -3.21. The second kappa shape index (κ2) is 5.82. The van der Waals surface area contributed by atoms with Crippen LogP contribution in [0.1, 0.15) is 32.6 Å². The predicted octanol–water partition coefficient (Wildman–Crippen LogP) is 3.05. The van der Waals surface area contributed by atoms with Crippen LogP contribution in [0.25, 0.3) is 0 Å². The summed E-state index contributed by atoms with van der Waals surface area (Å²) >= 11 is 0. The van der Waals surface area contributed by atoms with Gasteiger partial charge in [-0.15, -0.1) is 0 Å². The fourth-order valence-electron chi connectivity index (χ4n) is 2.46. The van der Waals surface area contributed by atoms with E-state index in [4.69, 9.17) is 0 Å². The number of sulfonamides is 1. The van der Waals surface area contributed by atoms with Gasteiger partial charge in [0.25, 0.3) is 0 Å². The van der Waals surface area contributed by atoms with Crippen molar-refractivity contribution in [2.45, 2.75) is 38.6 Å². The highest BCUT2D eigenvalue weighted by molar-refractivity contribution is 7.92. The third-order valence-corrected chi connectivity index (χ3v) is 4.10. The summed E-state index contributed by atoms with van der Waals surface area (Å²) < 4.78 is 24.9. The summed E-state index contributed by atoms with van der Waals surface area (Å²) in [6.07, 6.45) is 6.41. The Kier molecular flexibility index (Phi) is 4.34. The molecule has 2 rings (SSSR count). The van der Waals surface area contributed by atoms with Crippen LogP contribution in [0.3, 0.4) is 0 Å². The molecule has 4 nitrogen and oxygen atoms in total. The zero-order chi connectivity index (χ0) is 13.9. The molecule has 0 spiro atoms. The maximum Gasteiger partial charge on any atom is 0.229 e. The number of anilines is 2. The molecule has 1 atom stereocenters. The minimum absolute atomic E-state index is 0.416. The van der Waals surface area contributed by atoms with Crippen molar-refractivity contribution >= 4 is 21.4 Å². The highest BCUT2D eigenvalue weighted by atomic mass is 32.2. The SMILES string of the molecule is CC(CC1CCC1)Nc1cccc(NS(C)(=O)=O)c1. The quantitative estimate of drug-likeness (QED) is 0.843. The number of hydrogen-bond acceptors (Lipinski definition) is 3. The molecule has 0 heterocycles. The van der Waals surface area contributed by atoms with Crippen molar-refractivity contribution in [3.63, 3.8) is 0 Å². The summed E-state index contributed by atoms with van der Waals surface area (Å²) in [5.41, 5.74) is 1.56. The van der Waals surface area contributed by atoms with Crippen LogP contribution in [0.2, 0.25) is 0 Å². The molecule has 1 aliphatic carbocycles. The lowest BCUT2D eigenvalue weighted by atomic mass is 9.81. The molecule has 1 unspecified atom stereocenters. The number of nitrogens with one attached hydrogen (secondary N) is 2. The van der Waals surface area contributed by atoms with Crippen LogP contribution < -0.4 is 10.0 Å². The zero-order valence-electron chi connectivity index (χ0n) is 11.5. The molecule has 1 aromatic carbocycles. The van der Waals surface area contributed by atoms with E-state index in [0.29, 0.717) is 11.7 Å². The van der Waals surface area contributed by atoms with Gasteiger partial charge < -0.3 is 5.32 Å². The van der Waals surface area contributed by atoms with E-state index in [1.165, 1.54) is 25.7 Å². The second-order valence-electron chi connectivity index (χ2n) is 5.53. The van der Waals surface area contributed by atoms with Crippen molar-refractivity contribution in [3.05, 3.63) is 24.3 Å². The van der Waals surface area contributed by atoms with Gasteiger partial charge in [-0.1, -0.05) is 25.3 Å². The highest BCUT2D eigenvalue weighted by Crippen LogP contribution is 2.31. The Morgan fingerprint density at radius 1 is 1.32 bits per heavy atom. The summed E-state index contributed by atoms with van der Waals surface area (Å²) in [4.78, 5) is 0. The van der Waals surface area contributed by atoms with Crippen molar-refractivity contribution in [1.29, 1.82) is 0 Å². The molecule has 1 saturated carbocycles. The molecule has 0 amide bonds.